The van der Waals surface area contributed by atoms with Crippen molar-refractivity contribution in [1.82, 2.24) is 0 Å². The Morgan fingerprint density at radius 2 is 1.12 bits per heavy atom. The van der Waals surface area contributed by atoms with Gasteiger partial charge in [0.1, 0.15) is 0 Å². The standard InChI is InChI=1S/C22H32S2/c1-3-5-7-9-11-15-22(14-10-8-6-4-2)18-12-16-23-20(18)21-19(22)13-17-24-21/h12-13,16-17H,3-11,14-15H2,1-2H3. The van der Waals surface area contributed by atoms with Crippen molar-refractivity contribution in [3.8, 4) is 9.75 Å². The molecule has 2 aromatic heterocycles. The molecule has 0 fully saturated rings. The van der Waals surface area contributed by atoms with Crippen LogP contribution in [0.25, 0.3) is 9.75 Å². The number of rotatable bonds is 11. The largest absolute Gasteiger partial charge is 0.143 e. The minimum atomic E-state index is 0.338. The van der Waals surface area contributed by atoms with Gasteiger partial charge in [-0.1, -0.05) is 71.6 Å². The predicted molar refractivity (Wildman–Crippen MR) is 111 cm³/mol. The number of fused-ring (bicyclic) bond motifs is 3. The van der Waals surface area contributed by atoms with Crippen LogP contribution in [0.3, 0.4) is 0 Å². The van der Waals surface area contributed by atoms with E-state index >= 15 is 0 Å². The molecule has 0 amide bonds. The van der Waals surface area contributed by atoms with Crippen molar-refractivity contribution in [3.05, 3.63) is 34.0 Å². The topological polar surface area (TPSA) is 0 Å². The Bertz CT molecular complexity index is 579. The Morgan fingerprint density at radius 3 is 1.62 bits per heavy atom. The summed E-state index contributed by atoms with van der Waals surface area (Å²) >= 11 is 3.93. The van der Waals surface area contributed by atoms with Gasteiger partial charge >= 0.3 is 0 Å². The summed E-state index contributed by atoms with van der Waals surface area (Å²) in [5.41, 5.74) is 3.67. The van der Waals surface area contributed by atoms with E-state index in [9.17, 15) is 0 Å². The van der Waals surface area contributed by atoms with Gasteiger partial charge in [0.15, 0.2) is 0 Å². The molecule has 0 atom stereocenters. The van der Waals surface area contributed by atoms with E-state index < -0.39 is 0 Å². The Labute approximate surface area is 156 Å². The van der Waals surface area contributed by atoms with Crippen molar-refractivity contribution in [1.29, 1.82) is 0 Å². The Balaban J connectivity index is 1.78. The van der Waals surface area contributed by atoms with Gasteiger partial charge in [0.05, 0.1) is 0 Å². The fraction of sp³-hybridized carbons (Fsp3) is 0.636. The summed E-state index contributed by atoms with van der Waals surface area (Å²) in [5.74, 6) is 0. The van der Waals surface area contributed by atoms with Crippen molar-refractivity contribution in [2.45, 2.75) is 89.9 Å². The Kier molecular flexibility index (Phi) is 6.57. The van der Waals surface area contributed by atoms with Gasteiger partial charge in [0.2, 0.25) is 0 Å². The van der Waals surface area contributed by atoms with E-state index in [-0.39, 0.29) is 0 Å². The first-order valence-corrected chi connectivity index (χ1v) is 11.8. The van der Waals surface area contributed by atoms with Gasteiger partial charge in [0.25, 0.3) is 0 Å². The van der Waals surface area contributed by atoms with Crippen LogP contribution in [0.5, 0.6) is 0 Å². The molecule has 2 aromatic rings. The smallest absolute Gasteiger partial charge is 0.0486 e. The Hall–Kier alpha value is -0.600. The molecule has 24 heavy (non-hydrogen) atoms. The van der Waals surface area contributed by atoms with E-state index in [4.69, 9.17) is 0 Å². The van der Waals surface area contributed by atoms with E-state index in [0.29, 0.717) is 5.41 Å². The summed E-state index contributed by atoms with van der Waals surface area (Å²) in [4.78, 5) is 3.17. The monoisotopic (exact) mass is 360 g/mol. The molecule has 1 aliphatic rings. The zero-order valence-electron chi connectivity index (χ0n) is 15.4. The number of hydrogen-bond donors (Lipinski definition) is 0. The number of hydrogen-bond acceptors (Lipinski definition) is 2. The van der Waals surface area contributed by atoms with Crippen LogP contribution in [0.2, 0.25) is 0 Å². The molecular formula is C22H32S2. The van der Waals surface area contributed by atoms with Gasteiger partial charge < -0.3 is 0 Å². The van der Waals surface area contributed by atoms with Crippen LogP contribution in [0, 0.1) is 0 Å². The van der Waals surface area contributed by atoms with Crippen LogP contribution in [0.15, 0.2) is 22.9 Å². The highest BCUT2D eigenvalue weighted by molar-refractivity contribution is 7.21. The molecule has 2 heteroatoms. The quantitative estimate of drug-likeness (QED) is 0.353. The van der Waals surface area contributed by atoms with Gasteiger partial charge in [-0.2, -0.15) is 0 Å². The molecule has 0 saturated heterocycles. The zero-order chi connectivity index (χ0) is 16.8. The second kappa shape index (κ2) is 8.67. The lowest BCUT2D eigenvalue weighted by molar-refractivity contribution is 0.401. The summed E-state index contributed by atoms with van der Waals surface area (Å²) in [5, 5.41) is 4.65. The van der Waals surface area contributed by atoms with Gasteiger partial charge in [-0.25, -0.2) is 0 Å². The lowest BCUT2D eigenvalue weighted by Gasteiger charge is -2.31. The molecule has 1 aliphatic carbocycles. The van der Waals surface area contributed by atoms with Gasteiger partial charge in [0, 0.05) is 15.2 Å². The molecule has 0 saturated carbocycles. The molecule has 0 spiro atoms. The minimum absolute atomic E-state index is 0.338. The molecule has 0 unspecified atom stereocenters. The number of thiophene rings is 2. The molecule has 0 bridgehead atoms. The first-order valence-electron chi connectivity index (χ1n) is 9.99. The molecule has 0 aromatic carbocycles. The second-order valence-corrected chi connectivity index (χ2v) is 9.22. The van der Waals surface area contributed by atoms with E-state index in [0.717, 1.165) is 0 Å². The van der Waals surface area contributed by atoms with Crippen molar-refractivity contribution in [2.24, 2.45) is 0 Å². The predicted octanol–water partition coefficient (Wildman–Crippen LogP) is 8.41. The summed E-state index contributed by atoms with van der Waals surface area (Å²) in [7, 11) is 0. The third-order valence-electron chi connectivity index (χ3n) is 5.73. The third-order valence-corrected chi connectivity index (χ3v) is 7.73. The van der Waals surface area contributed by atoms with Gasteiger partial charge in [-0.3, -0.25) is 0 Å². The average molecular weight is 361 g/mol. The van der Waals surface area contributed by atoms with Crippen LogP contribution in [-0.2, 0) is 5.41 Å². The lowest BCUT2D eigenvalue weighted by Crippen LogP contribution is -2.24. The van der Waals surface area contributed by atoms with E-state index in [1.807, 2.05) is 22.7 Å². The highest BCUT2D eigenvalue weighted by atomic mass is 32.1. The first kappa shape index (κ1) is 18.2. The molecule has 0 nitrogen and oxygen atoms in total. The normalized spacial score (nSPS) is 14.8. The molecule has 132 valence electrons. The molecule has 0 N–H and O–H groups in total. The molecule has 0 aliphatic heterocycles. The second-order valence-electron chi connectivity index (χ2n) is 7.38. The van der Waals surface area contributed by atoms with Crippen LogP contribution >= 0.6 is 22.7 Å². The fourth-order valence-electron chi connectivity index (χ4n) is 4.42. The number of unbranched alkanes of at least 4 members (excludes halogenated alkanes) is 7. The van der Waals surface area contributed by atoms with Crippen LogP contribution < -0.4 is 0 Å². The third kappa shape index (κ3) is 3.51. The highest BCUT2D eigenvalue weighted by Gasteiger charge is 2.43. The van der Waals surface area contributed by atoms with E-state index in [1.54, 1.807) is 20.9 Å². The van der Waals surface area contributed by atoms with Crippen molar-refractivity contribution in [3.63, 3.8) is 0 Å². The molecule has 2 heterocycles. The van der Waals surface area contributed by atoms with Crippen molar-refractivity contribution >= 4 is 22.7 Å². The Morgan fingerprint density at radius 1 is 0.667 bits per heavy atom. The highest BCUT2D eigenvalue weighted by Crippen LogP contribution is 2.57. The van der Waals surface area contributed by atoms with Gasteiger partial charge in [-0.05, 0) is 46.9 Å². The van der Waals surface area contributed by atoms with Crippen LogP contribution in [0.4, 0.5) is 0 Å². The summed E-state index contributed by atoms with van der Waals surface area (Å²) < 4.78 is 0. The lowest BCUT2D eigenvalue weighted by atomic mass is 9.71. The van der Waals surface area contributed by atoms with Crippen LogP contribution in [-0.4, -0.2) is 0 Å². The minimum Gasteiger partial charge on any atom is -0.143 e. The summed E-state index contributed by atoms with van der Waals surface area (Å²) in [6.45, 7) is 4.62. The SMILES string of the molecule is CCCCCCCC1(CCCCCC)c2ccsc2-c2sccc21. The maximum absolute atomic E-state index is 2.44. The molecule has 0 radical (unpaired) electrons. The first-order chi connectivity index (χ1) is 11.8. The molecule has 3 rings (SSSR count). The van der Waals surface area contributed by atoms with Crippen molar-refractivity contribution < 1.29 is 0 Å². The fourth-order valence-corrected chi connectivity index (χ4v) is 6.60. The maximum atomic E-state index is 2.44. The van der Waals surface area contributed by atoms with Gasteiger partial charge in [-0.15, -0.1) is 22.7 Å². The van der Waals surface area contributed by atoms with Crippen molar-refractivity contribution in [2.75, 3.05) is 0 Å². The van der Waals surface area contributed by atoms with E-state index in [1.165, 1.54) is 70.6 Å². The van der Waals surface area contributed by atoms with E-state index in [2.05, 4.69) is 36.7 Å². The summed E-state index contributed by atoms with van der Waals surface area (Å²) in [6, 6.07) is 4.89. The maximum Gasteiger partial charge on any atom is 0.0486 e. The zero-order valence-corrected chi connectivity index (χ0v) is 17.0. The molecular weight excluding hydrogens is 328 g/mol. The van der Waals surface area contributed by atoms with Crippen LogP contribution in [0.1, 0.15) is 95.6 Å². The summed E-state index contributed by atoms with van der Waals surface area (Å²) in [6.07, 6.45) is 15.2. The average Bonchev–Trinajstić information content (AvgIpc) is 3.28.